The lowest BCUT2D eigenvalue weighted by Crippen LogP contribution is -2.31. The molecule has 1 aliphatic carbocycles. The molecule has 0 fully saturated rings. The molecule has 0 aromatic heterocycles. The number of ether oxygens (including phenoxy) is 1. The molecule has 2 aliphatic rings. The zero-order chi connectivity index (χ0) is 19.1. The SMILES string of the molecule is CC(C)(C)COC(=O)c1cc(N2C(=O)C3=C(CCCC3)C2=O)ccc1O. The van der Waals surface area contributed by atoms with Crippen molar-refractivity contribution in [3.05, 3.63) is 34.9 Å². The molecule has 0 atom stereocenters. The highest BCUT2D eigenvalue weighted by Crippen LogP contribution is 2.36. The predicted molar refractivity (Wildman–Crippen MR) is 95.8 cm³/mol. The molecule has 3 rings (SSSR count). The van der Waals surface area contributed by atoms with Crippen LogP contribution in [0.15, 0.2) is 29.3 Å². The third-order valence-electron chi connectivity index (χ3n) is 4.48. The van der Waals surface area contributed by atoms with Gasteiger partial charge in [-0.15, -0.1) is 0 Å². The maximum Gasteiger partial charge on any atom is 0.342 e. The Labute approximate surface area is 152 Å². The summed E-state index contributed by atoms with van der Waals surface area (Å²) >= 11 is 0. The summed E-state index contributed by atoms with van der Waals surface area (Å²) in [6.07, 6.45) is 3.00. The summed E-state index contributed by atoms with van der Waals surface area (Å²) in [4.78, 5) is 38.7. The molecule has 0 bridgehead atoms. The van der Waals surface area contributed by atoms with Gasteiger partial charge in [0.15, 0.2) is 0 Å². The number of nitrogens with zero attached hydrogens (tertiary/aromatic N) is 1. The summed E-state index contributed by atoms with van der Waals surface area (Å²) in [5, 5.41) is 10.0. The molecule has 1 aromatic carbocycles. The van der Waals surface area contributed by atoms with Crippen LogP contribution in [0.4, 0.5) is 5.69 Å². The summed E-state index contributed by atoms with van der Waals surface area (Å²) in [6, 6.07) is 4.11. The fourth-order valence-electron chi connectivity index (χ4n) is 3.16. The second-order valence-corrected chi connectivity index (χ2v) is 7.95. The van der Waals surface area contributed by atoms with Crippen molar-refractivity contribution in [2.24, 2.45) is 5.41 Å². The van der Waals surface area contributed by atoms with Gasteiger partial charge in [0, 0.05) is 11.1 Å². The molecule has 0 radical (unpaired) electrons. The first-order valence-electron chi connectivity index (χ1n) is 8.80. The summed E-state index contributed by atoms with van der Waals surface area (Å²) in [5.74, 6) is -1.59. The topological polar surface area (TPSA) is 83.9 Å². The maximum atomic E-state index is 12.6. The molecule has 26 heavy (non-hydrogen) atoms. The van der Waals surface area contributed by atoms with Gasteiger partial charge in [0.05, 0.1) is 12.3 Å². The van der Waals surface area contributed by atoms with Crippen molar-refractivity contribution in [3.8, 4) is 5.75 Å². The van der Waals surface area contributed by atoms with Gasteiger partial charge in [-0.2, -0.15) is 0 Å². The number of phenolic OH excluding ortho intramolecular Hbond substituents is 1. The van der Waals surface area contributed by atoms with Crippen LogP contribution in [0.3, 0.4) is 0 Å². The first kappa shape index (κ1) is 18.2. The number of esters is 1. The molecule has 0 saturated carbocycles. The Bertz CT molecular complexity index is 788. The van der Waals surface area contributed by atoms with Crippen LogP contribution in [-0.4, -0.2) is 29.5 Å². The van der Waals surface area contributed by atoms with Crippen LogP contribution in [0.2, 0.25) is 0 Å². The molecule has 2 amide bonds. The van der Waals surface area contributed by atoms with Gasteiger partial charge >= 0.3 is 5.97 Å². The Morgan fingerprint density at radius 2 is 1.69 bits per heavy atom. The number of imide groups is 1. The summed E-state index contributed by atoms with van der Waals surface area (Å²) in [7, 11) is 0. The number of rotatable bonds is 3. The molecule has 1 heterocycles. The number of aromatic hydroxyl groups is 1. The van der Waals surface area contributed by atoms with Crippen LogP contribution in [0.5, 0.6) is 5.75 Å². The lowest BCUT2D eigenvalue weighted by Gasteiger charge is -2.19. The monoisotopic (exact) mass is 357 g/mol. The number of carbonyl (C=O) groups excluding carboxylic acids is 3. The average molecular weight is 357 g/mol. The van der Waals surface area contributed by atoms with Crippen molar-refractivity contribution in [2.45, 2.75) is 46.5 Å². The van der Waals surface area contributed by atoms with Crippen LogP contribution in [-0.2, 0) is 14.3 Å². The molecule has 138 valence electrons. The van der Waals surface area contributed by atoms with Gasteiger partial charge in [0.25, 0.3) is 11.8 Å². The van der Waals surface area contributed by atoms with E-state index in [-0.39, 0.29) is 40.8 Å². The van der Waals surface area contributed by atoms with E-state index >= 15 is 0 Å². The highest BCUT2D eigenvalue weighted by Gasteiger charge is 2.40. The van der Waals surface area contributed by atoms with Gasteiger partial charge in [-0.25, -0.2) is 9.69 Å². The Hall–Kier alpha value is -2.63. The number of phenols is 1. The molecule has 0 saturated heterocycles. The second kappa shape index (κ2) is 6.59. The lowest BCUT2D eigenvalue weighted by molar-refractivity contribution is -0.120. The molecule has 6 nitrogen and oxygen atoms in total. The van der Waals surface area contributed by atoms with Gasteiger partial charge in [-0.05, 0) is 49.3 Å². The fraction of sp³-hybridized carbons (Fsp3) is 0.450. The van der Waals surface area contributed by atoms with Gasteiger partial charge in [0.2, 0.25) is 0 Å². The molecule has 1 N–H and O–H groups in total. The van der Waals surface area contributed by atoms with E-state index in [1.54, 1.807) is 0 Å². The first-order chi connectivity index (χ1) is 12.2. The number of hydrogen-bond acceptors (Lipinski definition) is 5. The van der Waals surface area contributed by atoms with Crippen LogP contribution < -0.4 is 4.90 Å². The Morgan fingerprint density at radius 1 is 1.12 bits per heavy atom. The lowest BCUT2D eigenvalue weighted by atomic mass is 9.93. The smallest absolute Gasteiger partial charge is 0.342 e. The number of amides is 2. The zero-order valence-corrected chi connectivity index (χ0v) is 15.3. The van der Waals surface area contributed by atoms with Crippen LogP contribution >= 0.6 is 0 Å². The van der Waals surface area contributed by atoms with Crippen molar-refractivity contribution < 1.29 is 24.2 Å². The minimum Gasteiger partial charge on any atom is -0.507 e. The first-order valence-corrected chi connectivity index (χ1v) is 8.80. The van der Waals surface area contributed by atoms with Crippen molar-refractivity contribution in [2.75, 3.05) is 11.5 Å². The Kier molecular flexibility index (Phi) is 4.61. The third kappa shape index (κ3) is 3.36. The molecule has 0 unspecified atom stereocenters. The average Bonchev–Trinajstić information content (AvgIpc) is 2.84. The van der Waals surface area contributed by atoms with E-state index in [1.807, 2.05) is 20.8 Å². The van der Waals surface area contributed by atoms with E-state index in [9.17, 15) is 19.5 Å². The molecular formula is C20H23NO5. The normalized spacial score (nSPS) is 17.6. The molecule has 6 heteroatoms. The number of benzene rings is 1. The molecular weight excluding hydrogens is 334 g/mol. The largest absolute Gasteiger partial charge is 0.507 e. The zero-order valence-electron chi connectivity index (χ0n) is 15.3. The van der Waals surface area contributed by atoms with Crippen molar-refractivity contribution >= 4 is 23.5 Å². The van der Waals surface area contributed by atoms with E-state index in [4.69, 9.17) is 4.74 Å². The predicted octanol–water partition coefficient (Wildman–Crippen LogP) is 3.34. The minimum absolute atomic E-state index is 0.0581. The van der Waals surface area contributed by atoms with Gasteiger partial charge in [-0.1, -0.05) is 20.8 Å². The van der Waals surface area contributed by atoms with E-state index in [0.717, 1.165) is 17.7 Å². The molecule has 1 aromatic rings. The van der Waals surface area contributed by atoms with Crippen LogP contribution in [0, 0.1) is 5.41 Å². The van der Waals surface area contributed by atoms with Crippen molar-refractivity contribution in [1.29, 1.82) is 0 Å². The fourth-order valence-corrected chi connectivity index (χ4v) is 3.16. The van der Waals surface area contributed by atoms with E-state index < -0.39 is 5.97 Å². The standard InChI is InChI=1S/C20H23NO5/c1-20(2,3)11-26-19(25)15-10-12(8-9-16(15)22)21-17(23)13-6-4-5-7-14(13)18(21)24/h8-10,22H,4-7,11H2,1-3H3. The summed E-state index contributed by atoms with van der Waals surface area (Å²) in [6.45, 7) is 5.96. The minimum atomic E-state index is -0.684. The van der Waals surface area contributed by atoms with Crippen molar-refractivity contribution in [3.63, 3.8) is 0 Å². The molecule has 1 aliphatic heterocycles. The van der Waals surface area contributed by atoms with Crippen molar-refractivity contribution in [1.82, 2.24) is 0 Å². The number of carbonyl (C=O) groups is 3. The van der Waals surface area contributed by atoms with Gasteiger partial charge < -0.3 is 9.84 Å². The maximum absolute atomic E-state index is 12.6. The van der Waals surface area contributed by atoms with E-state index in [1.165, 1.54) is 18.2 Å². The summed E-state index contributed by atoms with van der Waals surface area (Å²) < 4.78 is 5.24. The number of hydrogen-bond donors (Lipinski definition) is 1. The Balaban J connectivity index is 1.87. The van der Waals surface area contributed by atoms with Gasteiger partial charge in [0.1, 0.15) is 11.3 Å². The quantitative estimate of drug-likeness (QED) is 0.662. The van der Waals surface area contributed by atoms with Crippen LogP contribution in [0.25, 0.3) is 0 Å². The Morgan fingerprint density at radius 3 is 2.23 bits per heavy atom. The second-order valence-electron chi connectivity index (χ2n) is 7.95. The number of anilines is 1. The molecule has 0 spiro atoms. The van der Waals surface area contributed by atoms with Crippen LogP contribution in [0.1, 0.15) is 56.8 Å². The van der Waals surface area contributed by atoms with E-state index in [2.05, 4.69) is 0 Å². The highest BCUT2D eigenvalue weighted by molar-refractivity contribution is 6.33. The third-order valence-corrected chi connectivity index (χ3v) is 4.48. The van der Waals surface area contributed by atoms with E-state index in [0.29, 0.717) is 24.0 Å². The van der Waals surface area contributed by atoms with Gasteiger partial charge in [-0.3, -0.25) is 9.59 Å². The highest BCUT2D eigenvalue weighted by atomic mass is 16.5. The summed E-state index contributed by atoms with van der Waals surface area (Å²) in [5.41, 5.74) is 1.15.